The summed E-state index contributed by atoms with van der Waals surface area (Å²) in [6, 6.07) is 7.90. The number of para-hydroxylation sites is 1. The fourth-order valence-corrected chi connectivity index (χ4v) is 2.34. The van der Waals surface area contributed by atoms with Crippen LogP contribution in [-0.2, 0) is 4.74 Å². The van der Waals surface area contributed by atoms with Crippen LogP contribution in [0.2, 0.25) is 0 Å². The van der Waals surface area contributed by atoms with Gasteiger partial charge in [-0.15, -0.1) is 0 Å². The minimum atomic E-state index is -0.0539. The molecule has 1 atom stereocenters. The Bertz CT molecular complexity index is 382. The SMILES string of the molecule is COCCN(CC(C)C)CC(N)c1ccccc1OC. The van der Waals surface area contributed by atoms with Gasteiger partial charge in [-0.1, -0.05) is 32.0 Å². The van der Waals surface area contributed by atoms with E-state index in [4.69, 9.17) is 15.2 Å². The maximum atomic E-state index is 6.36. The van der Waals surface area contributed by atoms with Gasteiger partial charge in [0.2, 0.25) is 0 Å². The summed E-state index contributed by atoms with van der Waals surface area (Å²) in [5, 5.41) is 0. The number of hydrogen-bond acceptors (Lipinski definition) is 4. The lowest BCUT2D eigenvalue weighted by Gasteiger charge is -2.27. The van der Waals surface area contributed by atoms with Crippen molar-refractivity contribution >= 4 is 0 Å². The molecule has 4 heteroatoms. The Balaban J connectivity index is 2.70. The lowest BCUT2D eigenvalue weighted by Crippen LogP contribution is -2.37. The molecule has 0 saturated carbocycles. The predicted molar refractivity (Wildman–Crippen MR) is 83.1 cm³/mol. The molecule has 1 aromatic rings. The largest absolute Gasteiger partial charge is 0.496 e. The molecule has 0 spiro atoms. The molecule has 114 valence electrons. The molecule has 0 aliphatic rings. The zero-order chi connectivity index (χ0) is 15.0. The van der Waals surface area contributed by atoms with Gasteiger partial charge in [-0.25, -0.2) is 0 Å². The second kappa shape index (κ2) is 8.95. The molecule has 0 fully saturated rings. The number of nitrogens with zero attached hydrogens (tertiary/aromatic N) is 1. The monoisotopic (exact) mass is 280 g/mol. The van der Waals surface area contributed by atoms with E-state index in [1.165, 1.54) is 0 Å². The second-order valence-corrected chi connectivity index (χ2v) is 5.49. The van der Waals surface area contributed by atoms with Crippen molar-refractivity contribution in [2.45, 2.75) is 19.9 Å². The number of rotatable bonds is 9. The standard InChI is InChI=1S/C16H28N2O2/c1-13(2)11-18(9-10-19-3)12-15(17)14-7-5-6-8-16(14)20-4/h5-8,13,15H,9-12,17H2,1-4H3. The molecule has 4 nitrogen and oxygen atoms in total. The van der Waals surface area contributed by atoms with E-state index in [1.54, 1.807) is 14.2 Å². The predicted octanol–water partition coefficient (Wildman–Crippen LogP) is 2.30. The van der Waals surface area contributed by atoms with E-state index < -0.39 is 0 Å². The first-order valence-electron chi connectivity index (χ1n) is 7.18. The fraction of sp³-hybridized carbons (Fsp3) is 0.625. The Kier molecular flexibility index (Phi) is 7.59. The van der Waals surface area contributed by atoms with Crippen LogP contribution in [0.15, 0.2) is 24.3 Å². The second-order valence-electron chi connectivity index (χ2n) is 5.49. The molecule has 0 radical (unpaired) electrons. The minimum absolute atomic E-state index is 0.0539. The minimum Gasteiger partial charge on any atom is -0.496 e. The van der Waals surface area contributed by atoms with Crippen molar-refractivity contribution in [3.05, 3.63) is 29.8 Å². The summed E-state index contributed by atoms with van der Waals surface area (Å²) in [7, 11) is 3.41. The Labute approximate surface area is 122 Å². The highest BCUT2D eigenvalue weighted by molar-refractivity contribution is 5.35. The normalized spacial score (nSPS) is 12.9. The van der Waals surface area contributed by atoms with Crippen LogP contribution in [0.4, 0.5) is 0 Å². The maximum absolute atomic E-state index is 6.36. The first-order chi connectivity index (χ1) is 9.58. The molecule has 0 saturated heterocycles. The van der Waals surface area contributed by atoms with E-state index in [0.717, 1.165) is 37.6 Å². The smallest absolute Gasteiger partial charge is 0.123 e. The molecular weight excluding hydrogens is 252 g/mol. The summed E-state index contributed by atoms with van der Waals surface area (Å²) in [4.78, 5) is 2.35. The van der Waals surface area contributed by atoms with Gasteiger partial charge in [0, 0.05) is 38.3 Å². The maximum Gasteiger partial charge on any atom is 0.123 e. The van der Waals surface area contributed by atoms with Gasteiger partial charge >= 0.3 is 0 Å². The summed E-state index contributed by atoms with van der Waals surface area (Å²) in [5.74, 6) is 1.47. The van der Waals surface area contributed by atoms with Crippen molar-refractivity contribution in [1.82, 2.24) is 4.90 Å². The number of nitrogens with two attached hydrogens (primary N) is 1. The van der Waals surface area contributed by atoms with Gasteiger partial charge in [0.05, 0.1) is 13.7 Å². The highest BCUT2D eigenvalue weighted by atomic mass is 16.5. The van der Waals surface area contributed by atoms with Crippen molar-refractivity contribution in [2.24, 2.45) is 11.7 Å². The molecule has 2 N–H and O–H groups in total. The van der Waals surface area contributed by atoms with E-state index >= 15 is 0 Å². The van der Waals surface area contributed by atoms with Gasteiger partial charge in [-0.2, -0.15) is 0 Å². The van der Waals surface area contributed by atoms with Crippen LogP contribution >= 0.6 is 0 Å². The van der Waals surface area contributed by atoms with Gasteiger partial charge in [-0.3, -0.25) is 4.90 Å². The average molecular weight is 280 g/mol. The van der Waals surface area contributed by atoms with Crippen molar-refractivity contribution in [2.75, 3.05) is 40.5 Å². The van der Waals surface area contributed by atoms with Gasteiger partial charge in [0.25, 0.3) is 0 Å². The lowest BCUT2D eigenvalue weighted by molar-refractivity contribution is 0.135. The van der Waals surface area contributed by atoms with E-state index in [-0.39, 0.29) is 6.04 Å². The molecule has 0 heterocycles. The van der Waals surface area contributed by atoms with E-state index in [1.807, 2.05) is 24.3 Å². The topological polar surface area (TPSA) is 47.7 Å². The summed E-state index contributed by atoms with van der Waals surface area (Å²) in [5.41, 5.74) is 7.41. The molecular formula is C16H28N2O2. The van der Waals surface area contributed by atoms with Crippen molar-refractivity contribution < 1.29 is 9.47 Å². The van der Waals surface area contributed by atoms with Crippen LogP contribution in [0.3, 0.4) is 0 Å². The average Bonchev–Trinajstić information content (AvgIpc) is 2.44. The number of ether oxygens (including phenoxy) is 2. The van der Waals surface area contributed by atoms with Crippen LogP contribution in [0.25, 0.3) is 0 Å². The Hall–Kier alpha value is -1.10. The van der Waals surface area contributed by atoms with E-state index in [9.17, 15) is 0 Å². The zero-order valence-corrected chi connectivity index (χ0v) is 13.1. The van der Waals surface area contributed by atoms with Crippen LogP contribution < -0.4 is 10.5 Å². The third-order valence-corrected chi connectivity index (χ3v) is 3.23. The van der Waals surface area contributed by atoms with Crippen molar-refractivity contribution in [3.8, 4) is 5.75 Å². The Morgan fingerprint density at radius 3 is 2.45 bits per heavy atom. The van der Waals surface area contributed by atoms with Crippen LogP contribution in [-0.4, -0.2) is 45.4 Å². The molecule has 0 aromatic heterocycles. The Morgan fingerprint density at radius 1 is 1.15 bits per heavy atom. The fourth-order valence-electron chi connectivity index (χ4n) is 2.34. The summed E-state index contributed by atoms with van der Waals surface area (Å²) < 4.78 is 10.6. The molecule has 0 aliphatic heterocycles. The molecule has 0 bridgehead atoms. The third kappa shape index (κ3) is 5.49. The van der Waals surface area contributed by atoms with Crippen molar-refractivity contribution in [3.63, 3.8) is 0 Å². The zero-order valence-electron chi connectivity index (χ0n) is 13.1. The van der Waals surface area contributed by atoms with E-state index in [2.05, 4.69) is 18.7 Å². The van der Waals surface area contributed by atoms with E-state index in [0.29, 0.717) is 5.92 Å². The molecule has 20 heavy (non-hydrogen) atoms. The van der Waals surface area contributed by atoms with Crippen LogP contribution in [0, 0.1) is 5.92 Å². The molecule has 0 amide bonds. The van der Waals surface area contributed by atoms with Crippen LogP contribution in [0.1, 0.15) is 25.5 Å². The number of methoxy groups -OCH3 is 2. The first kappa shape index (κ1) is 17.0. The van der Waals surface area contributed by atoms with Gasteiger partial charge in [0.15, 0.2) is 0 Å². The quantitative estimate of drug-likeness (QED) is 0.754. The summed E-state index contributed by atoms with van der Waals surface area (Å²) in [6.45, 7) is 7.89. The molecule has 1 aromatic carbocycles. The molecule has 1 rings (SSSR count). The first-order valence-corrected chi connectivity index (χ1v) is 7.18. The van der Waals surface area contributed by atoms with Gasteiger partial charge in [-0.05, 0) is 12.0 Å². The van der Waals surface area contributed by atoms with Crippen LogP contribution in [0.5, 0.6) is 5.75 Å². The summed E-state index contributed by atoms with van der Waals surface area (Å²) in [6.07, 6.45) is 0. The summed E-state index contributed by atoms with van der Waals surface area (Å²) >= 11 is 0. The lowest BCUT2D eigenvalue weighted by atomic mass is 10.1. The van der Waals surface area contributed by atoms with Gasteiger partial charge in [0.1, 0.15) is 5.75 Å². The highest BCUT2D eigenvalue weighted by Gasteiger charge is 2.16. The third-order valence-electron chi connectivity index (χ3n) is 3.23. The number of benzene rings is 1. The molecule has 0 aliphatic carbocycles. The Morgan fingerprint density at radius 2 is 1.85 bits per heavy atom. The van der Waals surface area contributed by atoms with Crippen molar-refractivity contribution in [1.29, 1.82) is 0 Å². The number of hydrogen-bond donors (Lipinski definition) is 1. The van der Waals surface area contributed by atoms with Gasteiger partial charge < -0.3 is 15.2 Å². The highest BCUT2D eigenvalue weighted by Crippen LogP contribution is 2.23. The molecule has 1 unspecified atom stereocenters.